The zero-order valence-electron chi connectivity index (χ0n) is 15.5. The number of aromatic nitrogens is 4. The average molecular weight is 382 g/mol. The van der Waals surface area contributed by atoms with Gasteiger partial charge >= 0.3 is 12.1 Å². The lowest BCUT2D eigenvalue weighted by Crippen LogP contribution is -2.53. The summed E-state index contributed by atoms with van der Waals surface area (Å²) < 4.78 is 0. The summed E-state index contributed by atoms with van der Waals surface area (Å²) in [5.74, 6) is 0.265. The molecule has 1 aliphatic carbocycles. The van der Waals surface area contributed by atoms with Gasteiger partial charge in [0.1, 0.15) is 0 Å². The summed E-state index contributed by atoms with van der Waals surface area (Å²) in [4.78, 5) is 33.4. The van der Waals surface area contributed by atoms with E-state index in [1.807, 2.05) is 6.07 Å². The molecule has 1 saturated carbocycles. The van der Waals surface area contributed by atoms with Crippen molar-refractivity contribution in [2.45, 2.75) is 44.1 Å². The minimum atomic E-state index is -1.21. The summed E-state index contributed by atoms with van der Waals surface area (Å²) in [6, 6.07) is 1.11. The second kappa shape index (κ2) is 5.95. The quantitative estimate of drug-likeness (QED) is 0.542. The van der Waals surface area contributed by atoms with Gasteiger partial charge in [0.15, 0.2) is 5.65 Å². The van der Waals surface area contributed by atoms with Gasteiger partial charge in [-0.2, -0.15) is 0 Å². The Labute approximate surface area is 160 Å². The molecule has 4 heterocycles. The summed E-state index contributed by atoms with van der Waals surface area (Å²) >= 11 is 0. The Hall–Kier alpha value is -3.10. The van der Waals surface area contributed by atoms with Gasteiger partial charge in [-0.3, -0.25) is 5.10 Å². The lowest BCUT2D eigenvalue weighted by molar-refractivity contribution is 0.138. The van der Waals surface area contributed by atoms with E-state index in [0.29, 0.717) is 5.65 Å². The van der Waals surface area contributed by atoms with E-state index in [-0.39, 0.29) is 18.5 Å². The lowest BCUT2D eigenvalue weighted by Gasteiger charge is -2.46. The Morgan fingerprint density at radius 3 is 2.93 bits per heavy atom. The van der Waals surface area contributed by atoms with Crippen molar-refractivity contribution in [1.29, 1.82) is 0 Å². The van der Waals surface area contributed by atoms with Gasteiger partial charge in [0.25, 0.3) is 0 Å². The number of carboxylic acid groups (broad SMARTS) is 1. The topological polar surface area (TPSA) is 127 Å². The molecular formula is C19H22N6O3. The van der Waals surface area contributed by atoms with Crippen molar-refractivity contribution in [3.05, 3.63) is 24.2 Å². The van der Waals surface area contributed by atoms with Crippen LogP contribution in [0.4, 0.5) is 9.59 Å². The van der Waals surface area contributed by atoms with E-state index in [9.17, 15) is 14.7 Å². The number of aromatic amines is 2. The van der Waals surface area contributed by atoms with Crippen molar-refractivity contribution < 1.29 is 14.7 Å². The highest BCUT2D eigenvalue weighted by Gasteiger charge is 2.53. The third-order valence-corrected chi connectivity index (χ3v) is 6.69. The first-order chi connectivity index (χ1) is 13.5. The Morgan fingerprint density at radius 1 is 1.32 bits per heavy atom. The van der Waals surface area contributed by atoms with Crippen molar-refractivity contribution in [1.82, 2.24) is 30.4 Å². The molecule has 0 bridgehead atoms. The van der Waals surface area contributed by atoms with Crippen LogP contribution < -0.4 is 5.32 Å². The molecule has 0 aromatic carbocycles. The van der Waals surface area contributed by atoms with E-state index < -0.39 is 17.5 Å². The van der Waals surface area contributed by atoms with E-state index in [1.54, 1.807) is 12.4 Å². The zero-order chi connectivity index (χ0) is 19.5. The van der Waals surface area contributed by atoms with Crippen LogP contribution in [-0.2, 0) is 5.41 Å². The van der Waals surface area contributed by atoms with Crippen LogP contribution in [-0.4, -0.2) is 54.9 Å². The van der Waals surface area contributed by atoms with Crippen LogP contribution in [0.1, 0.15) is 38.3 Å². The first-order valence-corrected chi connectivity index (χ1v) is 9.63. The van der Waals surface area contributed by atoms with Gasteiger partial charge in [-0.05, 0) is 24.8 Å². The standard InChI is InChI=1S/C19H22N6O3/c1-10-4-2-3-6-19(10,13-9-25(18(27)28)17(26)22-13)15-14-11-5-7-20-16(11)21-8-12(14)23-24-15/h5,7-8,10,13,23-24H,2-4,6,9H2,1H3,(H,22,26)(H,27,28). The molecule has 1 saturated heterocycles. The molecule has 28 heavy (non-hydrogen) atoms. The monoisotopic (exact) mass is 382 g/mol. The molecule has 3 unspecified atom stereocenters. The van der Waals surface area contributed by atoms with Crippen LogP contribution in [0.5, 0.6) is 0 Å². The molecule has 2 fully saturated rings. The van der Waals surface area contributed by atoms with Crippen LogP contribution in [0.2, 0.25) is 0 Å². The molecule has 146 valence electrons. The maximum absolute atomic E-state index is 12.3. The number of rotatable bonds is 2. The first kappa shape index (κ1) is 17.0. The summed E-state index contributed by atoms with van der Waals surface area (Å²) in [6.07, 6.45) is 6.34. The number of hydrogen-bond donors (Lipinski definition) is 4. The number of carbonyl (C=O) groups is 2. The Bertz CT molecular complexity index is 1090. The first-order valence-electron chi connectivity index (χ1n) is 9.63. The van der Waals surface area contributed by atoms with Gasteiger partial charge in [-0.1, -0.05) is 19.8 Å². The summed E-state index contributed by atoms with van der Waals surface area (Å²) in [5.41, 5.74) is 2.17. The van der Waals surface area contributed by atoms with Crippen molar-refractivity contribution in [3.63, 3.8) is 0 Å². The van der Waals surface area contributed by atoms with E-state index in [2.05, 4.69) is 32.4 Å². The van der Waals surface area contributed by atoms with Crippen LogP contribution in [0, 0.1) is 5.92 Å². The maximum Gasteiger partial charge on any atom is 0.415 e. The second-order valence-electron chi connectivity index (χ2n) is 7.94. The predicted molar refractivity (Wildman–Crippen MR) is 102 cm³/mol. The molecule has 2 aliphatic rings. The lowest BCUT2D eigenvalue weighted by atomic mass is 9.60. The van der Waals surface area contributed by atoms with Crippen molar-refractivity contribution in [2.75, 3.05) is 6.54 Å². The number of amides is 3. The molecule has 0 spiro atoms. The average Bonchev–Trinajstić information content (AvgIpc) is 3.39. The van der Waals surface area contributed by atoms with E-state index in [0.717, 1.165) is 52.6 Å². The molecule has 4 N–H and O–H groups in total. The number of hydrogen-bond acceptors (Lipinski definition) is 4. The van der Waals surface area contributed by atoms with Gasteiger partial charge in [-0.25, -0.2) is 24.5 Å². The molecule has 1 aliphatic heterocycles. The van der Waals surface area contributed by atoms with E-state index in [1.165, 1.54) is 0 Å². The number of fused-ring (bicyclic) bond motifs is 3. The van der Waals surface area contributed by atoms with Gasteiger partial charge < -0.3 is 15.5 Å². The summed E-state index contributed by atoms with van der Waals surface area (Å²) in [6.45, 7) is 2.34. The van der Waals surface area contributed by atoms with E-state index >= 15 is 0 Å². The molecule has 5 rings (SSSR count). The van der Waals surface area contributed by atoms with Crippen molar-refractivity contribution >= 4 is 34.1 Å². The molecule has 9 nitrogen and oxygen atoms in total. The molecular weight excluding hydrogens is 360 g/mol. The Balaban J connectivity index is 1.73. The summed E-state index contributed by atoms with van der Waals surface area (Å²) in [5, 5.41) is 20.9. The van der Waals surface area contributed by atoms with Crippen LogP contribution in [0.15, 0.2) is 18.5 Å². The van der Waals surface area contributed by atoms with Gasteiger partial charge in [0.05, 0.1) is 30.0 Å². The largest absolute Gasteiger partial charge is 0.465 e. The molecule has 3 atom stereocenters. The number of pyridine rings is 1. The second-order valence-corrected chi connectivity index (χ2v) is 7.94. The normalized spacial score (nSPS) is 28.2. The third kappa shape index (κ3) is 2.18. The number of nitrogens with zero attached hydrogens (tertiary/aromatic N) is 3. The third-order valence-electron chi connectivity index (χ3n) is 6.69. The highest BCUT2D eigenvalue weighted by atomic mass is 16.4. The highest BCUT2D eigenvalue weighted by Crippen LogP contribution is 2.49. The van der Waals surface area contributed by atoms with Crippen LogP contribution in [0.25, 0.3) is 21.9 Å². The molecule has 3 aromatic heterocycles. The van der Waals surface area contributed by atoms with Crippen molar-refractivity contribution in [3.8, 4) is 0 Å². The van der Waals surface area contributed by atoms with Crippen molar-refractivity contribution in [2.24, 2.45) is 5.92 Å². The van der Waals surface area contributed by atoms with Crippen LogP contribution >= 0.6 is 0 Å². The fraction of sp³-hybridized carbons (Fsp3) is 0.474. The smallest absolute Gasteiger partial charge is 0.415 e. The molecule has 0 radical (unpaired) electrons. The molecule has 3 amide bonds. The van der Waals surface area contributed by atoms with Gasteiger partial charge in [0, 0.05) is 22.4 Å². The molecule has 9 heteroatoms. The SMILES string of the molecule is CC1CCCCC1(c1[nH][nH]c2cnc3nccc3c12)C1CN(C(=O)O)C(=O)N1. The Morgan fingerprint density at radius 2 is 2.18 bits per heavy atom. The summed E-state index contributed by atoms with van der Waals surface area (Å²) in [7, 11) is 0. The maximum atomic E-state index is 12.3. The number of H-pyrrole nitrogens is 2. The van der Waals surface area contributed by atoms with E-state index in [4.69, 9.17) is 0 Å². The minimum absolute atomic E-state index is 0.145. The fourth-order valence-corrected chi connectivity index (χ4v) is 5.30. The zero-order valence-corrected chi connectivity index (χ0v) is 15.5. The Kier molecular flexibility index (Phi) is 3.62. The van der Waals surface area contributed by atoms with Crippen LogP contribution in [0.3, 0.4) is 0 Å². The van der Waals surface area contributed by atoms with Gasteiger partial charge in [0.2, 0.25) is 0 Å². The molecule has 3 aromatic rings. The number of imide groups is 1. The predicted octanol–water partition coefficient (Wildman–Crippen LogP) is 2.96. The fourth-order valence-electron chi connectivity index (χ4n) is 5.30. The minimum Gasteiger partial charge on any atom is -0.465 e. The van der Waals surface area contributed by atoms with Gasteiger partial charge in [-0.15, -0.1) is 0 Å². The highest BCUT2D eigenvalue weighted by molar-refractivity contribution is 6.05. The number of nitrogens with one attached hydrogen (secondary N) is 3. The number of urea groups is 1. The number of carbonyl (C=O) groups excluding carboxylic acids is 1.